The van der Waals surface area contributed by atoms with Crippen molar-refractivity contribution < 1.29 is 17.9 Å². The number of halogens is 3. The Hall–Kier alpha value is -3.49. The molecule has 31 heavy (non-hydrogen) atoms. The van der Waals surface area contributed by atoms with Crippen LogP contribution in [0.2, 0.25) is 0 Å². The van der Waals surface area contributed by atoms with Crippen LogP contribution in [0, 0.1) is 0 Å². The molecule has 0 aliphatic heterocycles. The summed E-state index contributed by atoms with van der Waals surface area (Å²) in [4.78, 5) is 8.60. The van der Waals surface area contributed by atoms with Gasteiger partial charge >= 0.3 is 6.18 Å². The van der Waals surface area contributed by atoms with Gasteiger partial charge in [0, 0.05) is 32.5 Å². The van der Waals surface area contributed by atoms with Crippen LogP contribution in [0.5, 0.6) is 5.75 Å². The van der Waals surface area contributed by atoms with Gasteiger partial charge in [0.2, 0.25) is 0 Å². The molecule has 3 rings (SSSR count). The lowest BCUT2D eigenvalue weighted by Gasteiger charge is -2.14. The van der Waals surface area contributed by atoms with E-state index in [1.807, 2.05) is 24.4 Å². The van der Waals surface area contributed by atoms with Crippen LogP contribution in [0.1, 0.15) is 17.0 Å². The predicted octanol–water partition coefficient (Wildman–Crippen LogP) is 3.74. The summed E-state index contributed by atoms with van der Waals surface area (Å²) in [6.45, 7) is 0.370. The number of hydrogen-bond acceptors (Lipinski definition) is 3. The topological polar surface area (TPSA) is 63.5 Å². The van der Waals surface area contributed by atoms with Gasteiger partial charge < -0.3 is 19.9 Å². The highest BCUT2D eigenvalue weighted by Crippen LogP contribution is 2.18. The zero-order valence-electron chi connectivity index (χ0n) is 17.1. The van der Waals surface area contributed by atoms with Crippen LogP contribution >= 0.6 is 0 Å². The molecule has 2 N–H and O–H groups in total. The van der Waals surface area contributed by atoms with Crippen molar-refractivity contribution in [3.05, 3.63) is 83.9 Å². The van der Waals surface area contributed by atoms with Crippen molar-refractivity contribution in [2.24, 2.45) is 4.99 Å². The fourth-order valence-corrected chi connectivity index (χ4v) is 2.87. The van der Waals surface area contributed by atoms with Gasteiger partial charge in [0.1, 0.15) is 11.6 Å². The van der Waals surface area contributed by atoms with Gasteiger partial charge in [-0.15, -0.1) is 0 Å². The molecule has 1 heterocycles. The number of imidazole rings is 1. The molecule has 0 atom stereocenters. The smallest absolute Gasteiger partial charge is 0.422 e. The largest absolute Gasteiger partial charge is 0.484 e. The molecule has 0 bridgehead atoms. The minimum Gasteiger partial charge on any atom is -0.484 e. The van der Waals surface area contributed by atoms with Gasteiger partial charge in [-0.1, -0.05) is 42.5 Å². The third-order valence-electron chi connectivity index (χ3n) is 4.42. The molecule has 0 aliphatic carbocycles. The Labute approximate surface area is 178 Å². The lowest BCUT2D eigenvalue weighted by Crippen LogP contribution is -2.37. The Morgan fingerprint density at radius 3 is 2.39 bits per heavy atom. The van der Waals surface area contributed by atoms with Crippen LogP contribution in [0.4, 0.5) is 13.2 Å². The normalized spacial score (nSPS) is 11.9. The number of ether oxygens (including phenoxy) is 1. The summed E-state index contributed by atoms with van der Waals surface area (Å²) in [5, 5.41) is 6.40. The Kier molecular flexibility index (Phi) is 7.53. The zero-order chi connectivity index (χ0) is 22.1. The summed E-state index contributed by atoms with van der Waals surface area (Å²) in [6.07, 6.45) is -0.657. The minimum atomic E-state index is -4.35. The Balaban J connectivity index is 1.48. The van der Waals surface area contributed by atoms with Crippen LogP contribution in [0.25, 0.3) is 0 Å². The van der Waals surface area contributed by atoms with Gasteiger partial charge in [0.05, 0.1) is 6.54 Å². The van der Waals surface area contributed by atoms with Crippen molar-refractivity contribution in [2.75, 3.05) is 13.7 Å². The molecule has 0 radical (unpaired) electrons. The number of aromatic nitrogens is 2. The molecule has 6 nitrogen and oxygen atoms in total. The van der Waals surface area contributed by atoms with Gasteiger partial charge in [0.25, 0.3) is 0 Å². The molecule has 0 saturated carbocycles. The molecule has 2 aromatic carbocycles. The maximum Gasteiger partial charge on any atom is 0.422 e. The minimum absolute atomic E-state index is 0.175. The van der Waals surface area contributed by atoms with Gasteiger partial charge in [-0.05, 0) is 23.3 Å². The standard InChI is InChI=1S/C22H24F3N5O/c1-26-21(28-13-17-7-9-19(10-8-17)31-16-22(23,24)25)29-14-20-27-11-12-30(20)15-18-5-3-2-4-6-18/h2-12H,13-16H2,1H3,(H2,26,28,29). The molecule has 164 valence electrons. The first-order chi connectivity index (χ1) is 14.9. The molecule has 0 aliphatic rings. The third kappa shape index (κ3) is 7.36. The highest BCUT2D eigenvalue weighted by molar-refractivity contribution is 5.79. The van der Waals surface area contributed by atoms with E-state index in [1.165, 1.54) is 17.7 Å². The van der Waals surface area contributed by atoms with Crippen LogP contribution < -0.4 is 15.4 Å². The number of nitrogens with one attached hydrogen (secondary N) is 2. The molecule has 0 fully saturated rings. The molecule has 0 spiro atoms. The molecule has 9 heteroatoms. The average Bonchev–Trinajstić information content (AvgIpc) is 3.20. The van der Waals surface area contributed by atoms with Crippen LogP contribution in [0.3, 0.4) is 0 Å². The summed E-state index contributed by atoms with van der Waals surface area (Å²) >= 11 is 0. The summed E-state index contributed by atoms with van der Waals surface area (Å²) in [7, 11) is 1.67. The Morgan fingerprint density at radius 2 is 1.71 bits per heavy atom. The summed E-state index contributed by atoms with van der Waals surface area (Å²) < 4.78 is 43.4. The number of nitrogens with zero attached hydrogens (tertiary/aromatic N) is 3. The van der Waals surface area contributed by atoms with Crippen LogP contribution in [-0.2, 0) is 19.6 Å². The molecule has 0 saturated heterocycles. The van der Waals surface area contributed by atoms with Crippen molar-refractivity contribution >= 4 is 5.96 Å². The lowest BCUT2D eigenvalue weighted by molar-refractivity contribution is -0.153. The van der Waals surface area contributed by atoms with E-state index in [0.29, 0.717) is 19.0 Å². The van der Waals surface area contributed by atoms with E-state index in [0.717, 1.165) is 17.9 Å². The van der Waals surface area contributed by atoms with E-state index in [2.05, 4.69) is 37.3 Å². The molecular formula is C22H24F3N5O. The molecule has 3 aromatic rings. The number of benzene rings is 2. The molecule has 1 aromatic heterocycles. The van der Waals surface area contributed by atoms with Crippen molar-refractivity contribution in [1.29, 1.82) is 0 Å². The van der Waals surface area contributed by atoms with Crippen molar-refractivity contribution in [3.8, 4) is 5.75 Å². The van der Waals surface area contributed by atoms with Crippen LogP contribution in [0.15, 0.2) is 72.0 Å². The van der Waals surface area contributed by atoms with E-state index in [4.69, 9.17) is 4.74 Å². The average molecular weight is 431 g/mol. The van der Waals surface area contributed by atoms with Gasteiger partial charge in [-0.2, -0.15) is 13.2 Å². The number of hydrogen-bond donors (Lipinski definition) is 2. The predicted molar refractivity (Wildman–Crippen MR) is 113 cm³/mol. The SMILES string of the molecule is CN=C(NCc1ccc(OCC(F)(F)F)cc1)NCc1nccn1Cc1ccccc1. The first-order valence-corrected chi connectivity index (χ1v) is 9.70. The van der Waals surface area contributed by atoms with Crippen molar-refractivity contribution in [3.63, 3.8) is 0 Å². The zero-order valence-corrected chi connectivity index (χ0v) is 17.1. The van der Waals surface area contributed by atoms with Crippen molar-refractivity contribution in [1.82, 2.24) is 20.2 Å². The fourth-order valence-electron chi connectivity index (χ4n) is 2.87. The number of guanidine groups is 1. The van der Waals surface area contributed by atoms with E-state index in [9.17, 15) is 13.2 Å². The number of alkyl halides is 3. The van der Waals surface area contributed by atoms with Gasteiger partial charge in [-0.25, -0.2) is 4.98 Å². The first kappa shape index (κ1) is 22.2. The quantitative estimate of drug-likeness (QED) is 0.421. The van der Waals surface area contributed by atoms with E-state index in [-0.39, 0.29) is 5.75 Å². The highest BCUT2D eigenvalue weighted by atomic mass is 19.4. The maximum absolute atomic E-state index is 12.2. The van der Waals surface area contributed by atoms with E-state index < -0.39 is 12.8 Å². The summed E-state index contributed by atoms with van der Waals surface area (Å²) in [5.74, 6) is 1.64. The fraction of sp³-hybridized carbons (Fsp3) is 0.273. The second-order valence-corrected chi connectivity index (χ2v) is 6.78. The third-order valence-corrected chi connectivity index (χ3v) is 4.42. The first-order valence-electron chi connectivity index (χ1n) is 9.70. The second-order valence-electron chi connectivity index (χ2n) is 6.78. The Bertz CT molecular complexity index is 969. The lowest BCUT2D eigenvalue weighted by atomic mass is 10.2. The highest BCUT2D eigenvalue weighted by Gasteiger charge is 2.28. The number of aliphatic imine (C=N–C) groups is 1. The monoisotopic (exact) mass is 431 g/mol. The van der Waals surface area contributed by atoms with E-state index in [1.54, 1.807) is 25.4 Å². The summed E-state index contributed by atoms with van der Waals surface area (Å²) in [5.41, 5.74) is 2.07. The van der Waals surface area contributed by atoms with Gasteiger partial charge in [-0.3, -0.25) is 4.99 Å². The maximum atomic E-state index is 12.2. The van der Waals surface area contributed by atoms with E-state index >= 15 is 0 Å². The molecular weight excluding hydrogens is 407 g/mol. The van der Waals surface area contributed by atoms with Crippen LogP contribution in [-0.4, -0.2) is 35.3 Å². The van der Waals surface area contributed by atoms with Gasteiger partial charge in [0.15, 0.2) is 12.6 Å². The Morgan fingerprint density at radius 1 is 1.00 bits per heavy atom. The van der Waals surface area contributed by atoms with Crippen molar-refractivity contribution in [2.45, 2.75) is 25.8 Å². The molecule has 0 unspecified atom stereocenters. The second kappa shape index (κ2) is 10.5. The summed E-state index contributed by atoms with van der Waals surface area (Å²) in [6, 6.07) is 16.6. The molecule has 0 amide bonds. The number of rotatable bonds is 8.